The molecule has 2 N–H and O–H groups in total. The molecule has 9 aromatic rings. The molecule has 0 radical (unpaired) electrons. The maximum absolute atomic E-state index is 12.4. The quantitative estimate of drug-likeness (QED) is 0.0145. The summed E-state index contributed by atoms with van der Waals surface area (Å²) < 4.78 is 244. The summed E-state index contributed by atoms with van der Waals surface area (Å²) in [7, 11) is 3.19. The Balaban J connectivity index is 0.000000181. The smallest absolute Gasteiger partial charge is 0.497 e. The third-order valence-corrected chi connectivity index (χ3v) is 23.7. The van der Waals surface area contributed by atoms with Gasteiger partial charge in [-0.1, -0.05) is 107 Å². The number of esters is 1. The minimum absolute atomic E-state index is 0.0123. The van der Waals surface area contributed by atoms with Crippen molar-refractivity contribution in [2.45, 2.75) is 260 Å². The topological polar surface area (TPSA) is 264 Å². The van der Waals surface area contributed by atoms with Crippen LogP contribution in [0.2, 0.25) is 0 Å². The molecule has 0 amide bonds. The van der Waals surface area contributed by atoms with Gasteiger partial charge in [0.1, 0.15) is 53.5 Å². The molecule has 0 unspecified atom stereocenters. The van der Waals surface area contributed by atoms with Gasteiger partial charge in [0.2, 0.25) is 0 Å². The summed E-state index contributed by atoms with van der Waals surface area (Å²) in [4.78, 5) is 34.8. The van der Waals surface area contributed by atoms with Crippen molar-refractivity contribution in [1.82, 2.24) is 30.0 Å². The van der Waals surface area contributed by atoms with Crippen molar-refractivity contribution in [2.24, 2.45) is 0 Å². The molecule has 5 fully saturated rings. The number of Topliss-reactive ketones (excluding diaryl/α,β-unsaturated/α-hetero) is 1. The van der Waals surface area contributed by atoms with E-state index in [2.05, 4.69) is 62.1 Å². The number of aromatic carboxylic acids is 1. The summed E-state index contributed by atoms with van der Waals surface area (Å²) in [5.41, 5.74) is 8.09. The van der Waals surface area contributed by atoms with E-state index in [1.165, 1.54) is 72.3 Å². The molecule has 14 rings (SSSR count). The monoisotopic (exact) mass is 1940 g/mol. The number of halogens is 15. The number of hydrogen-bond donors (Lipinski definition) is 2. The largest absolute Gasteiger partial charge is 0.573 e. The van der Waals surface area contributed by atoms with Crippen LogP contribution in [-0.4, -0.2) is 154 Å². The normalized spacial score (nSPS) is 20.1. The SMILES string of the molecule is C#CCOC1CCC(c2ccc(OC(F)(F)F)cc2)CC1.CCOC(=O)C#CCOC1CCC(c2ccc(OC(F)(F)F)cc2)CC1.COc1ccc(Cn2nnc(C(=O)O)c2COC2CCC(c3ccc(OC(F)(F)F)cc3)CC2)cc1.COc1ccc(Cn2nnc(C(C)=O)c2COC2CCC(c3ccc(OC(F)(F)F)cc3)CC2)cc1.OC1CCC(c2ccc(OC(F)(F)F)cc2)CC1. The van der Waals surface area contributed by atoms with E-state index in [1.54, 1.807) is 86.5 Å². The molecule has 0 atom stereocenters. The molecule has 23 nitrogen and oxygen atoms in total. The number of rotatable bonds is 29. The van der Waals surface area contributed by atoms with Crippen LogP contribution in [0.25, 0.3) is 0 Å². The lowest BCUT2D eigenvalue weighted by atomic mass is 9.83. The second-order valence-electron chi connectivity index (χ2n) is 33.1. The van der Waals surface area contributed by atoms with Gasteiger partial charge in [-0.15, -0.1) is 82.5 Å². The van der Waals surface area contributed by atoms with Gasteiger partial charge < -0.3 is 67.1 Å². The predicted octanol–water partition coefficient (Wildman–Crippen LogP) is 22.9. The highest BCUT2D eigenvalue weighted by Gasteiger charge is 2.37. The maximum Gasteiger partial charge on any atom is 0.573 e. The summed E-state index contributed by atoms with van der Waals surface area (Å²) in [6.07, 6.45) is -1.34. The zero-order chi connectivity index (χ0) is 98.9. The van der Waals surface area contributed by atoms with Crippen LogP contribution in [0.4, 0.5) is 65.9 Å². The van der Waals surface area contributed by atoms with Gasteiger partial charge in [0.05, 0.1) is 89.0 Å². The Kier molecular flexibility index (Phi) is 40.1. The lowest BCUT2D eigenvalue weighted by Crippen LogP contribution is -2.22. The lowest BCUT2D eigenvalue weighted by Gasteiger charge is -2.29. The number of nitrogens with zero attached hydrogens (tertiary/aromatic N) is 6. The summed E-state index contributed by atoms with van der Waals surface area (Å²) in [5.74, 6) is 7.41. The standard InChI is InChI=1S/C26H28F3N3O4.C25H26F3N3O5.C19H21F3O4.C16H17F3O2.C13H15F3O2/c1-17(33)25-24(32(31-30-25)15-18-3-9-21(34-2)10-4-18)16-35-22-11-5-19(6-12-22)20-7-13-23(14-8-20)36-26(27,28)29;1-34-19-8-2-16(3-9-19)14-31-22(23(24(32)33)29-30-31)15-35-20-10-4-17(5-11-20)18-6-12-21(13-7-18)36-25(26,27)28;1-2-24-18(23)4-3-13-25-16-9-5-14(6-10-16)15-7-11-17(12-8-15)26-19(20,21)22;1-2-11-20-14-7-3-12(4-8-14)13-5-9-15(10-6-13)21-16(17,18)19;14-13(15,16)18-12-7-3-10(4-8-12)9-1-5-11(17)6-2-9/h3-4,7-10,13-14,19,22H,5-6,11-12,15-16H2,1-2H3;2-3,6-9,12-13,17,20H,4-5,10-11,14-15H2,1H3,(H,32,33);7-8,11-12,14,16H,2,5-6,9-10,13H2,1H3;1,5-6,9-10,12,14H,3-4,7-8,11H2;3-4,7-9,11,17H,1-2,5-6H2. The van der Waals surface area contributed by atoms with Crippen molar-refractivity contribution >= 4 is 17.7 Å². The molecule has 2 heterocycles. The first-order valence-electron chi connectivity index (χ1n) is 44.6. The van der Waals surface area contributed by atoms with Crippen LogP contribution in [0.3, 0.4) is 0 Å². The second kappa shape index (κ2) is 51.4. The van der Waals surface area contributed by atoms with Crippen LogP contribution in [0.15, 0.2) is 170 Å². The van der Waals surface area contributed by atoms with Crippen LogP contribution in [-0.2, 0) is 54.8 Å². The predicted molar refractivity (Wildman–Crippen MR) is 469 cm³/mol. The third-order valence-electron chi connectivity index (χ3n) is 23.7. The number of carbonyl (C=O) groups is 3. The molecule has 0 saturated heterocycles. The molecule has 5 aliphatic rings. The maximum atomic E-state index is 12.4. The molecule has 0 aliphatic heterocycles. The van der Waals surface area contributed by atoms with Crippen molar-refractivity contribution in [3.05, 3.63) is 232 Å². The van der Waals surface area contributed by atoms with E-state index in [0.717, 1.165) is 173 Å². The van der Waals surface area contributed by atoms with Gasteiger partial charge in [-0.3, -0.25) is 4.79 Å². The average Bonchev–Trinajstić information content (AvgIpc) is 1.51. The molecule has 38 heteroatoms. The molecule has 0 bridgehead atoms. The summed E-state index contributed by atoms with van der Waals surface area (Å²) in [6, 6.07) is 45.2. The number of terminal acetylenes is 1. The van der Waals surface area contributed by atoms with Crippen molar-refractivity contribution in [3.8, 4) is 64.4 Å². The molecular weight excluding hydrogens is 1830 g/mol. The number of aliphatic hydroxyl groups excluding tert-OH is 1. The minimum Gasteiger partial charge on any atom is -0.497 e. The van der Waals surface area contributed by atoms with E-state index >= 15 is 0 Å². The minimum atomic E-state index is -4.71. The Morgan fingerprint density at radius 1 is 0.380 bits per heavy atom. The first kappa shape index (κ1) is 107. The molecular formula is C99H107F15N6O17. The highest BCUT2D eigenvalue weighted by Crippen LogP contribution is 2.42. The number of aromatic nitrogens is 6. The molecule has 0 spiro atoms. The number of carboxylic acids is 1. The highest BCUT2D eigenvalue weighted by atomic mass is 19.4. The van der Waals surface area contributed by atoms with E-state index in [1.807, 2.05) is 48.5 Å². The number of benzene rings is 7. The van der Waals surface area contributed by atoms with Crippen molar-refractivity contribution in [1.29, 1.82) is 0 Å². The van der Waals surface area contributed by atoms with E-state index < -0.39 is 43.8 Å². The number of methoxy groups -OCH3 is 2. The Morgan fingerprint density at radius 2 is 0.642 bits per heavy atom. The van der Waals surface area contributed by atoms with Gasteiger partial charge in [-0.05, 0) is 289 Å². The van der Waals surface area contributed by atoms with E-state index in [-0.39, 0.29) is 102 Å². The second-order valence-corrected chi connectivity index (χ2v) is 33.1. The molecule has 740 valence electrons. The molecule has 137 heavy (non-hydrogen) atoms. The average molecular weight is 1940 g/mol. The van der Waals surface area contributed by atoms with Crippen LogP contribution in [0, 0.1) is 24.2 Å². The zero-order valence-electron chi connectivity index (χ0n) is 75.5. The van der Waals surface area contributed by atoms with Gasteiger partial charge >= 0.3 is 43.8 Å². The van der Waals surface area contributed by atoms with Gasteiger partial charge in [0.25, 0.3) is 0 Å². The summed E-state index contributed by atoms with van der Waals surface area (Å²) in [5, 5.41) is 35.0. The van der Waals surface area contributed by atoms with E-state index in [9.17, 15) is 90.5 Å². The molecule has 5 saturated carbocycles. The Labute approximate surface area is 782 Å². The highest BCUT2D eigenvalue weighted by molar-refractivity contribution is 5.93. The fraction of sp³-hybridized carbons (Fsp3) is 0.465. The zero-order valence-corrected chi connectivity index (χ0v) is 75.5. The van der Waals surface area contributed by atoms with E-state index in [4.69, 9.17) is 39.6 Å². The van der Waals surface area contributed by atoms with Gasteiger partial charge in [-0.2, -0.15) is 0 Å². The number of ketones is 1. The first-order chi connectivity index (χ1) is 65.2. The van der Waals surface area contributed by atoms with Crippen molar-refractivity contribution < 1.29 is 147 Å². The number of carbonyl (C=O) groups excluding carboxylic acids is 2. The fourth-order valence-corrected chi connectivity index (χ4v) is 16.8. The Bertz CT molecular complexity index is 5090. The van der Waals surface area contributed by atoms with Gasteiger partial charge in [0, 0.05) is 12.8 Å². The van der Waals surface area contributed by atoms with Crippen LogP contribution < -0.4 is 33.2 Å². The third kappa shape index (κ3) is 37.1. The van der Waals surface area contributed by atoms with Gasteiger partial charge in [0.15, 0.2) is 17.2 Å². The van der Waals surface area contributed by atoms with Gasteiger partial charge in [-0.25, -0.2) is 19.0 Å². The Morgan fingerprint density at radius 3 is 0.905 bits per heavy atom. The van der Waals surface area contributed by atoms with Crippen LogP contribution >= 0.6 is 0 Å². The Hall–Kier alpha value is -12.1. The van der Waals surface area contributed by atoms with Crippen LogP contribution in [0.1, 0.15) is 243 Å². The fourth-order valence-electron chi connectivity index (χ4n) is 16.8. The summed E-state index contributed by atoms with van der Waals surface area (Å²) >= 11 is 0. The summed E-state index contributed by atoms with van der Waals surface area (Å²) in [6.45, 7) is 5.04. The first-order valence-corrected chi connectivity index (χ1v) is 44.6. The van der Waals surface area contributed by atoms with Crippen molar-refractivity contribution in [3.63, 3.8) is 0 Å². The molecule has 2 aromatic heterocycles. The number of ether oxygens (including phenoxy) is 12. The van der Waals surface area contributed by atoms with E-state index in [0.29, 0.717) is 66.9 Å². The number of hydrogen-bond acceptors (Lipinski definition) is 20. The molecule has 5 aliphatic carbocycles. The van der Waals surface area contributed by atoms with Crippen molar-refractivity contribution in [2.75, 3.05) is 34.0 Å². The number of carboxylic acid groups (broad SMARTS) is 1. The lowest BCUT2D eigenvalue weighted by molar-refractivity contribution is -0.275. The number of aliphatic hydroxyl groups is 1. The van der Waals surface area contributed by atoms with Crippen LogP contribution in [0.5, 0.6) is 40.2 Å². The number of alkyl halides is 15. The molecule has 7 aromatic carbocycles.